The number of carbonyl (C=O) groups is 1. The predicted molar refractivity (Wildman–Crippen MR) is 117 cm³/mol. The van der Waals surface area contributed by atoms with E-state index in [0.717, 1.165) is 5.69 Å². The Balaban J connectivity index is 1.51. The first-order chi connectivity index (χ1) is 14.6. The lowest BCUT2D eigenvalue weighted by molar-refractivity contribution is -0.160. The number of halogens is 2. The Hall–Kier alpha value is -2.47. The number of hydrogen-bond donors (Lipinski definition) is 0. The van der Waals surface area contributed by atoms with E-state index < -0.39 is 17.2 Å². The summed E-state index contributed by atoms with van der Waals surface area (Å²) < 4.78 is 32.3. The standard InChI is InChI=1S/C24H27ClFNO4/c1-23(2,3)31-22(28)15-10-12-27(13-11-15)19-6-5-7-20-21(19)30-24(4,29-20)17-9-8-16(25)14-18(17)26/h5-9,14-15H,10-13H2,1-4H3. The molecule has 0 spiro atoms. The van der Waals surface area contributed by atoms with Crippen LogP contribution in [0.1, 0.15) is 46.1 Å². The summed E-state index contributed by atoms with van der Waals surface area (Å²) in [5, 5.41) is 0.314. The van der Waals surface area contributed by atoms with Crippen molar-refractivity contribution >= 4 is 23.3 Å². The molecule has 2 aromatic carbocycles. The van der Waals surface area contributed by atoms with E-state index in [9.17, 15) is 9.18 Å². The van der Waals surface area contributed by atoms with Crippen molar-refractivity contribution in [3.63, 3.8) is 0 Å². The molecule has 31 heavy (non-hydrogen) atoms. The van der Waals surface area contributed by atoms with E-state index in [-0.39, 0.29) is 17.5 Å². The van der Waals surface area contributed by atoms with Gasteiger partial charge in [0.05, 0.1) is 17.2 Å². The summed E-state index contributed by atoms with van der Waals surface area (Å²) in [6.45, 7) is 8.71. The van der Waals surface area contributed by atoms with Crippen LogP contribution in [-0.4, -0.2) is 24.7 Å². The molecular weight excluding hydrogens is 421 g/mol. The van der Waals surface area contributed by atoms with Crippen molar-refractivity contribution in [3.8, 4) is 11.5 Å². The topological polar surface area (TPSA) is 48.0 Å². The molecule has 2 aliphatic rings. The Labute approximate surface area is 187 Å². The maximum Gasteiger partial charge on any atom is 0.309 e. The number of anilines is 1. The first-order valence-corrected chi connectivity index (χ1v) is 10.9. The highest BCUT2D eigenvalue weighted by atomic mass is 35.5. The highest BCUT2D eigenvalue weighted by Crippen LogP contribution is 2.50. The van der Waals surface area contributed by atoms with Crippen LogP contribution >= 0.6 is 11.6 Å². The molecule has 4 rings (SSSR count). The highest BCUT2D eigenvalue weighted by molar-refractivity contribution is 6.30. The third-order valence-corrected chi connectivity index (χ3v) is 5.79. The summed E-state index contributed by atoms with van der Waals surface area (Å²) >= 11 is 5.89. The van der Waals surface area contributed by atoms with Gasteiger partial charge in [0.1, 0.15) is 11.4 Å². The van der Waals surface area contributed by atoms with Gasteiger partial charge in [0.2, 0.25) is 0 Å². The Bertz CT molecular complexity index is 998. The van der Waals surface area contributed by atoms with Gasteiger partial charge in [-0.05, 0) is 63.9 Å². The summed E-state index contributed by atoms with van der Waals surface area (Å²) in [6, 6.07) is 10.1. The zero-order chi connectivity index (χ0) is 22.4. The lowest BCUT2D eigenvalue weighted by Crippen LogP contribution is -2.39. The van der Waals surface area contributed by atoms with Crippen molar-refractivity contribution in [3.05, 3.63) is 52.8 Å². The third kappa shape index (κ3) is 4.45. The monoisotopic (exact) mass is 447 g/mol. The summed E-state index contributed by atoms with van der Waals surface area (Å²) in [5.74, 6) is -0.892. The van der Waals surface area contributed by atoms with Crippen LogP contribution in [0.3, 0.4) is 0 Å². The van der Waals surface area contributed by atoms with E-state index >= 15 is 0 Å². The first kappa shape index (κ1) is 21.8. The van der Waals surface area contributed by atoms with Gasteiger partial charge in [0.15, 0.2) is 11.5 Å². The van der Waals surface area contributed by atoms with Crippen molar-refractivity contribution in [1.82, 2.24) is 0 Å². The fourth-order valence-corrected chi connectivity index (χ4v) is 4.23. The molecule has 1 unspecified atom stereocenters. The van der Waals surface area contributed by atoms with Gasteiger partial charge in [-0.1, -0.05) is 17.7 Å². The van der Waals surface area contributed by atoms with Crippen molar-refractivity contribution < 1.29 is 23.4 Å². The van der Waals surface area contributed by atoms with Gasteiger partial charge in [0, 0.05) is 25.0 Å². The third-order valence-electron chi connectivity index (χ3n) is 5.56. The van der Waals surface area contributed by atoms with Gasteiger partial charge in [-0.3, -0.25) is 4.79 Å². The fourth-order valence-electron chi connectivity index (χ4n) is 4.07. The number of benzene rings is 2. The van der Waals surface area contributed by atoms with E-state index in [1.54, 1.807) is 19.1 Å². The van der Waals surface area contributed by atoms with Crippen molar-refractivity contribution in [2.45, 2.75) is 51.9 Å². The zero-order valence-corrected chi connectivity index (χ0v) is 19.0. The molecule has 166 valence electrons. The molecule has 0 N–H and O–H groups in total. The van der Waals surface area contributed by atoms with Gasteiger partial charge in [-0.25, -0.2) is 4.39 Å². The number of ether oxygens (including phenoxy) is 3. The summed E-state index contributed by atoms with van der Waals surface area (Å²) in [5.41, 5.74) is 0.669. The van der Waals surface area contributed by atoms with Crippen LogP contribution < -0.4 is 14.4 Å². The zero-order valence-electron chi connectivity index (χ0n) is 18.2. The number of para-hydroxylation sites is 1. The Kier molecular flexibility index (Phi) is 5.54. The van der Waals surface area contributed by atoms with Crippen LogP contribution in [-0.2, 0) is 15.3 Å². The smallest absolute Gasteiger partial charge is 0.309 e. The normalized spacial score (nSPS) is 21.3. The van der Waals surface area contributed by atoms with Gasteiger partial charge in [0.25, 0.3) is 5.79 Å². The predicted octanol–water partition coefficient (Wildman–Crippen LogP) is 5.68. The van der Waals surface area contributed by atoms with E-state index in [1.807, 2.05) is 39.0 Å². The SMILES string of the molecule is CC(C)(C)OC(=O)C1CCN(c2cccc3c2OC(C)(c2ccc(Cl)cc2F)O3)CC1. The number of fused-ring (bicyclic) bond motifs is 1. The second-order valence-corrected chi connectivity index (χ2v) is 9.61. The molecule has 2 aromatic rings. The number of rotatable bonds is 3. The van der Waals surface area contributed by atoms with Gasteiger partial charge in [-0.15, -0.1) is 0 Å². The molecule has 0 aromatic heterocycles. The molecule has 1 atom stereocenters. The minimum Gasteiger partial charge on any atom is -0.460 e. The van der Waals surface area contributed by atoms with E-state index in [4.69, 9.17) is 25.8 Å². The highest BCUT2D eigenvalue weighted by Gasteiger charge is 2.43. The average molecular weight is 448 g/mol. The molecule has 0 radical (unpaired) electrons. The lowest BCUT2D eigenvalue weighted by atomic mass is 9.96. The quantitative estimate of drug-likeness (QED) is 0.566. The van der Waals surface area contributed by atoms with Crippen LogP contribution in [0.5, 0.6) is 11.5 Å². The van der Waals surface area contributed by atoms with E-state index in [2.05, 4.69) is 4.90 Å². The van der Waals surface area contributed by atoms with Crippen molar-refractivity contribution in [1.29, 1.82) is 0 Å². The van der Waals surface area contributed by atoms with Crippen molar-refractivity contribution in [2.75, 3.05) is 18.0 Å². The van der Waals surface area contributed by atoms with Crippen LogP contribution in [0, 0.1) is 11.7 Å². The summed E-state index contributed by atoms with van der Waals surface area (Å²) in [4.78, 5) is 14.6. The molecule has 0 bridgehead atoms. The summed E-state index contributed by atoms with van der Waals surface area (Å²) in [6.07, 6.45) is 1.39. The minimum atomic E-state index is -1.29. The van der Waals surface area contributed by atoms with Gasteiger partial charge in [-0.2, -0.15) is 0 Å². The number of hydrogen-bond acceptors (Lipinski definition) is 5. The van der Waals surface area contributed by atoms with Crippen molar-refractivity contribution in [2.24, 2.45) is 5.92 Å². The molecule has 0 aliphatic carbocycles. The maximum absolute atomic E-state index is 14.6. The van der Waals surface area contributed by atoms with Gasteiger partial charge >= 0.3 is 5.97 Å². The van der Waals surface area contributed by atoms with Crippen LogP contribution in [0.25, 0.3) is 0 Å². The Morgan fingerprint density at radius 1 is 1.19 bits per heavy atom. The number of piperidine rings is 1. The van der Waals surface area contributed by atoms with Crippen LogP contribution in [0.2, 0.25) is 5.02 Å². The van der Waals surface area contributed by atoms with Crippen LogP contribution in [0.15, 0.2) is 36.4 Å². The number of nitrogens with zero attached hydrogens (tertiary/aromatic N) is 1. The number of esters is 1. The Morgan fingerprint density at radius 3 is 2.55 bits per heavy atom. The van der Waals surface area contributed by atoms with Crippen LogP contribution in [0.4, 0.5) is 10.1 Å². The molecule has 7 heteroatoms. The first-order valence-electron chi connectivity index (χ1n) is 10.5. The lowest BCUT2D eigenvalue weighted by Gasteiger charge is -2.34. The molecular formula is C24H27ClFNO4. The fraction of sp³-hybridized carbons (Fsp3) is 0.458. The Morgan fingerprint density at radius 2 is 1.90 bits per heavy atom. The molecule has 2 aliphatic heterocycles. The molecule has 1 saturated heterocycles. The molecule has 5 nitrogen and oxygen atoms in total. The average Bonchev–Trinajstić information content (AvgIpc) is 3.03. The number of carbonyl (C=O) groups excluding carboxylic acids is 1. The maximum atomic E-state index is 14.6. The molecule has 0 saturated carbocycles. The largest absolute Gasteiger partial charge is 0.460 e. The van der Waals surface area contributed by atoms with Gasteiger partial charge < -0.3 is 19.1 Å². The molecule has 0 amide bonds. The van der Waals surface area contributed by atoms with E-state index in [1.165, 1.54) is 6.07 Å². The second-order valence-electron chi connectivity index (χ2n) is 9.17. The molecule has 1 fully saturated rings. The summed E-state index contributed by atoms with van der Waals surface area (Å²) in [7, 11) is 0. The second kappa shape index (κ2) is 7.90. The minimum absolute atomic E-state index is 0.113. The molecule has 2 heterocycles. The van der Waals surface area contributed by atoms with E-state index in [0.29, 0.717) is 42.5 Å².